The first-order chi connectivity index (χ1) is 10.8. The number of fused-ring (bicyclic) bond motifs is 1. The summed E-state index contributed by atoms with van der Waals surface area (Å²) in [6.07, 6.45) is -4.37. The number of amidine groups is 1. The van der Waals surface area contributed by atoms with Gasteiger partial charge in [-0.3, -0.25) is 0 Å². The van der Waals surface area contributed by atoms with E-state index in [9.17, 15) is 13.2 Å². The highest BCUT2D eigenvalue weighted by Gasteiger charge is 2.33. The van der Waals surface area contributed by atoms with Crippen LogP contribution < -0.4 is 0 Å². The Bertz CT molecular complexity index is 784. The van der Waals surface area contributed by atoms with E-state index in [4.69, 9.17) is 0 Å². The van der Waals surface area contributed by atoms with Crippen LogP contribution in [0.1, 0.15) is 29.7 Å². The predicted molar refractivity (Wildman–Crippen MR) is 88.0 cm³/mol. The van der Waals surface area contributed by atoms with Gasteiger partial charge in [0.2, 0.25) is 0 Å². The Labute approximate surface area is 140 Å². The Morgan fingerprint density at radius 1 is 1.13 bits per heavy atom. The largest absolute Gasteiger partial charge is 0.416 e. The lowest BCUT2D eigenvalue weighted by Crippen LogP contribution is -2.33. The van der Waals surface area contributed by atoms with E-state index in [1.54, 1.807) is 0 Å². The second-order valence-corrected chi connectivity index (χ2v) is 6.42. The van der Waals surface area contributed by atoms with Crippen LogP contribution in [0.15, 0.2) is 51.9 Å². The van der Waals surface area contributed by atoms with Crippen molar-refractivity contribution in [3.05, 3.63) is 63.6 Å². The molecule has 0 amide bonds. The summed E-state index contributed by atoms with van der Waals surface area (Å²) in [6, 6.07) is 11.3. The fourth-order valence-corrected chi connectivity index (χ4v) is 3.05. The molecular weight excluding hydrogens is 369 g/mol. The number of hydrogen-bond donors (Lipinski definition) is 0. The Hall–Kier alpha value is -1.82. The SMILES string of the molecule is CC1c2ccc(C(F)(F)F)cc2N=C(c2cccc(Br)c2)N1C. The van der Waals surface area contributed by atoms with Gasteiger partial charge in [-0.25, -0.2) is 4.99 Å². The third-order valence-electron chi connectivity index (χ3n) is 4.03. The van der Waals surface area contributed by atoms with Gasteiger partial charge in [-0.15, -0.1) is 0 Å². The third kappa shape index (κ3) is 3.00. The van der Waals surface area contributed by atoms with Crippen molar-refractivity contribution in [2.75, 3.05) is 7.05 Å². The van der Waals surface area contributed by atoms with Gasteiger partial charge in [0.15, 0.2) is 0 Å². The van der Waals surface area contributed by atoms with E-state index in [1.807, 2.05) is 43.1 Å². The molecule has 0 saturated heterocycles. The van der Waals surface area contributed by atoms with E-state index in [2.05, 4.69) is 20.9 Å². The molecule has 1 aliphatic heterocycles. The molecular formula is C17H14BrF3N2. The summed E-state index contributed by atoms with van der Waals surface area (Å²) in [5, 5.41) is 0. The third-order valence-corrected chi connectivity index (χ3v) is 4.53. The number of rotatable bonds is 1. The molecule has 6 heteroatoms. The van der Waals surface area contributed by atoms with Crippen molar-refractivity contribution in [3.8, 4) is 0 Å². The molecule has 3 rings (SSSR count). The van der Waals surface area contributed by atoms with Gasteiger partial charge >= 0.3 is 6.18 Å². The summed E-state index contributed by atoms with van der Waals surface area (Å²) < 4.78 is 39.7. The Balaban J connectivity index is 2.15. The van der Waals surface area contributed by atoms with Crippen LogP contribution >= 0.6 is 15.9 Å². The summed E-state index contributed by atoms with van der Waals surface area (Å²) in [5.41, 5.74) is 1.35. The summed E-state index contributed by atoms with van der Waals surface area (Å²) in [4.78, 5) is 6.45. The van der Waals surface area contributed by atoms with Crippen LogP contribution in [-0.2, 0) is 6.18 Å². The molecule has 0 radical (unpaired) electrons. The van der Waals surface area contributed by atoms with Gasteiger partial charge in [0.25, 0.3) is 0 Å². The second-order valence-electron chi connectivity index (χ2n) is 5.50. The van der Waals surface area contributed by atoms with E-state index in [0.29, 0.717) is 11.5 Å². The molecule has 2 aromatic carbocycles. The standard InChI is InChI=1S/C17H14BrF3N2/c1-10-14-7-6-12(17(19,20)21)9-15(14)22-16(23(10)2)11-4-3-5-13(18)8-11/h3-10H,1-2H3. The van der Waals surface area contributed by atoms with E-state index >= 15 is 0 Å². The van der Waals surface area contributed by atoms with E-state index in [1.165, 1.54) is 6.07 Å². The summed E-state index contributed by atoms with van der Waals surface area (Å²) >= 11 is 3.41. The lowest BCUT2D eigenvalue weighted by molar-refractivity contribution is -0.137. The maximum absolute atomic E-state index is 12.9. The highest BCUT2D eigenvalue weighted by Crippen LogP contribution is 2.39. The monoisotopic (exact) mass is 382 g/mol. The molecule has 0 bridgehead atoms. The average Bonchev–Trinajstić information content (AvgIpc) is 2.49. The first-order valence-electron chi connectivity index (χ1n) is 7.06. The zero-order valence-corrected chi connectivity index (χ0v) is 14.1. The van der Waals surface area contributed by atoms with Crippen molar-refractivity contribution in [1.29, 1.82) is 0 Å². The molecule has 2 aromatic rings. The van der Waals surface area contributed by atoms with Crippen molar-refractivity contribution in [1.82, 2.24) is 4.90 Å². The molecule has 120 valence electrons. The number of nitrogens with zero attached hydrogens (tertiary/aromatic N) is 2. The quantitative estimate of drug-likeness (QED) is 0.630. The van der Waals surface area contributed by atoms with Gasteiger partial charge in [0, 0.05) is 22.6 Å². The molecule has 1 atom stereocenters. The Morgan fingerprint density at radius 2 is 1.87 bits per heavy atom. The smallest absolute Gasteiger partial charge is 0.352 e. The average molecular weight is 383 g/mol. The maximum atomic E-state index is 12.9. The van der Waals surface area contributed by atoms with Gasteiger partial charge in [-0.1, -0.05) is 34.1 Å². The number of hydrogen-bond acceptors (Lipinski definition) is 2. The minimum absolute atomic E-state index is 0.0567. The fourth-order valence-electron chi connectivity index (χ4n) is 2.65. The molecule has 0 spiro atoms. The van der Waals surface area contributed by atoms with Crippen LogP contribution in [0.3, 0.4) is 0 Å². The lowest BCUT2D eigenvalue weighted by atomic mass is 9.99. The second kappa shape index (κ2) is 5.67. The lowest BCUT2D eigenvalue weighted by Gasteiger charge is -2.33. The van der Waals surface area contributed by atoms with Crippen LogP contribution in [-0.4, -0.2) is 17.8 Å². The van der Waals surface area contributed by atoms with Gasteiger partial charge in [-0.05, 0) is 31.2 Å². The summed E-state index contributed by atoms with van der Waals surface area (Å²) in [5.74, 6) is 0.658. The minimum Gasteiger partial charge on any atom is -0.352 e. The van der Waals surface area contributed by atoms with Crippen molar-refractivity contribution in [2.24, 2.45) is 4.99 Å². The molecule has 0 N–H and O–H groups in total. The van der Waals surface area contributed by atoms with Crippen LogP contribution in [0.5, 0.6) is 0 Å². The fraction of sp³-hybridized carbons (Fsp3) is 0.235. The summed E-state index contributed by atoms with van der Waals surface area (Å²) in [6.45, 7) is 1.96. The van der Waals surface area contributed by atoms with Gasteiger partial charge < -0.3 is 4.90 Å². The topological polar surface area (TPSA) is 15.6 Å². The molecule has 0 aliphatic carbocycles. The Kier molecular flexibility index (Phi) is 3.96. The molecule has 23 heavy (non-hydrogen) atoms. The molecule has 0 aromatic heterocycles. The molecule has 0 fully saturated rings. The molecule has 2 nitrogen and oxygen atoms in total. The first kappa shape index (κ1) is 16.1. The normalized spacial score (nSPS) is 17.7. The molecule has 1 aliphatic rings. The van der Waals surface area contributed by atoms with Crippen molar-refractivity contribution >= 4 is 27.5 Å². The number of benzene rings is 2. The highest BCUT2D eigenvalue weighted by atomic mass is 79.9. The van der Waals surface area contributed by atoms with Gasteiger partial charge in [0.1, 0.15) is 5.84 Å². The zero-order valence-electron chi connectivity index (χ0n) is 12.5. The maximum Gasteiger partial charge on any atom is 0.416 e. The van der Waals surface area contributed by atoms with E-state index in [-0.39, 0.29) is 6.04 Å². The van der Waals surface area contributed by atoms with Crippen LogP contribution in [0.4, 0.5) is 18.9 Å². The minimum atomic E-state index is -4.37. The predicted octanol–water partition coefficient (Wildman–Crippen LogP) is 5.55. The Morgan fingerprint density at radius 3 is 2.52 bits per heavy atom. The van der Waals surface area contributed by atoms with Gasteiger partial charge in [-0.2, -0.15) is 13.2 Å². The molecule has 1 heterocycles. The first-order valence-corrected chi connectivity index (χ1v) is 7.85. The summed E-state index contributed by atoms with van der Waals surface area (Å²) in [7, 11) is 1.89. The zero-order chi connectivity index (χ0) is 16.8. The number of halogens is 4. The van der Waals surface area contributed by atoms with Crippen molar-refractivity contribution < 1.29 is 13.2 Å². The van der Waals surface area contributed by atoms with Crippen LogP contribution in [0.25, 0.3) is 0 Å². The number of alkyl halides is 3. The number of aliphatic imine (C=N–C) groups is 1. The molecule has 1 unspecified atom stereocenters. The molecule has 0 saturated carbocycles. The van der Waals surface area contributed by atoms with E-state index < -0.39 is 11.7 Å². The van der Waals surface area contributed by atoms with Crippen LogP contribution in [0, 0.1) is 0 Å². The highest BCUT2D eigenvalue weighted by molar-refractivity contribution is 9.10. The van der Waals surface area contributed by atoms with Crippen LogP contribution in [0.2, 0.25) is 0 Å². The van der Waals surface area contributed by atoms with Crippen molar-refractivity contribution in [3.63, 3.8) is 0 Å². The van der Waals surface area contributed by atoms with E-state index in [0.717, 1.165) is 27.7 Å². The van der Waals surface area contributed by atoms with Gasteiger partial charge in [0.05, 0.1) is 17.3 Å². The van der Waals surface area contributed by atoms with Crippen molar-refractivity contribution in [2.45, 2.75) is 19.1 Å².